The van der Waals surface area contributed by atoms with Crippen LogP contribution in [0.3, 0.4) is 0 Å². The van der Waals surface area contributed by atoms with Crippen molar-refractivity contribution in [2.45, 2.75) is 52.7 Å². The van der Waals surface area contributed by atoms with Crippen LogP contribution >= 0.6 is 0 Å². The van der Waals surface area contributed by atoms with Gasteiger partial charge in [0.25, 0.3) is 0 Å². The van der Waals surface area contributed by atoms with Crippen LogP contribution in [-0.4, -0.2) is 30.3 Å². The third-order valence-corrected chi connectivity index (χ3v) is 2.71. The quantitative estimate of drug-likeness (QED) is 0.562. The molecule has 0 aliphatic carbocycles. The zero-order valence-electron chi connectivity index (χ0n) is 11.1. The molecule has 5 heteroatoms. The van der Waals surface area contributed by atoms with Gasteiger partial charge in [-0.25, -0.2) is 9.59 Å². The summed E-state index contributed by atoms with van der Waals surface area (Å²) in [4.78, 5) is 23.1. The first kappa shape index (κ1) is 14.0. The smallest absolute Gasteiger partial charge is 0.428 e. The van der Waals surface area contributed by atoms with Gasteiger partial charge in [0.2, 0.25) is 0 Å². The highest BCUT2D eigenvalue weighted by Crippen LogP contribution is 2.30. The molecule has 0 aromatic heterocycles. The second kappa shape index (κ2) is 4.64. The average molecular weight is 243 g/mol. The van der Waals surface area contributed by atoms with Gasteiger partial charge in [-0.15, -0.1) is 0 Å². The van der Waals surface area contributed by atoms with E-state index in [9.17, 15) is 9.59 Å². The summed E-state index contributed by atoms with van der Waals surface area (Å²) in [5, 5.41) is 3.03. The van der Waals surface area contributed by atoms with Crippen molar-refractivity contribution in [2.75, 3.05) is 6.54 Å². The lowest BCUT2D eigenvalue weighted by molar-refractivity contribution is -0.145. The second-order valence-electron chi connectivity index (χ2n) is 6.01. The molecule has 1 rings (SSSR count). The molecule has 5 nitrogen and oxygen atoms in total. The van der Waals surface area contributed by atoms with Gasteiger partial charge in [0.05, 0.1) is 0 Å². The fourth-order valence-corrected chi connectivity index (χ4v) is 1.77. The van der Waals surface area contributed by atoms with E-state index < -0.39 is 23.8 Å². The van der Waals surface area contributed by atoms with Gasteiger partial charge in [-0.2, -0.15) is 0 Å². The standard InChI is InChI=1S/C12H21NO4/c1-11(2,3)17-10(15)16-9(14)8-12(4,5)6-7-13-8/h8,13H,6-7H2,1-5H3/t8-/m1/s1. The van der Waals surface area contributed by atoms with Crippen LogP contribution in [-0.2, 0) is 14.3 Å². The molecule has 1 atom stereocenters. The van der Waals surface area contributed by atoms with Gasteiger partial charge >= 0.3 is 12.1 Å². The monoisotopic (exact) mass is 243 g/mol. The summed E-state index contributed by atoms with van der Waals surface area (Å²) >= 11 is 0. The van der Waals surface area contributed by atoms with Crippen LogP contribution in [0.15, 0.2) is 0 Å². The highest BCUT2D eigenvalue weighted by molar-refractivity contribution is 5.86. The molecule has 1 aliphatic heterocycles. The largest absolute Gasteiger partial charge is 0.516 e. The third-order valence-electron chi connectivity index (χ3n) is 2.71. The van der Waals surface area contributed by atoms with Crippen molar-refractivity contribution in [2.24, 2.45) is 5.41 Å². The topological polar surface area (TPSA) is 64.6 Å². The van der Waals surface area contributed by atoms with Crippen LogP contribution < -0.4 is 5.32 Å². The van der Waals surface area contributed by atoms with E-state index in [-0.39, 0.29) is 5.41 Å². The van der Waals surface area contributed by atoms with E-state index >= 15 is 0 Å². The van der Waals surface area contributed by atoms with Crippen molar-refractivity contribution >= 4 is 12.1 Å². The van der Waals surface area contributed by atoms with Crippen LogP contribution in [0.2, 0.25) is 0 Å². The van der Waals surface area contributed by atoms with E-state index in [2.05, 4.69) is 10.1 Å². The first-order valence-electron chi connectivity index (χ1n) is 5.80. The molecule has 1 aliphatic rings. The molecule has 0 spiro atoms. The summed E-state index contributed by atoms with van der Waals surface area (Å²) in [5.74, 6) is -0.568. The van der Waals surface area contributed by atoms with Crippen LogP contribution in [0.5, 0.6) is 0 Å². The van der Waals surface area contributed by atoms with Gasteiger partial charge in [-0.05, 0) is 39.2 Å². The van der Waals surface area contributed by atoms with Gasteiger partial charge < -0.3 is 14.8 Å². The number of ether oxygens (including phenoxy) is 2. The van der Waals surface area contributed by atoms with E-state index in [4.69, 9.17) is 4.74 Å². The van der Waals surface area contributed by atoms with Gasteiger partial charge in [0, 0.05) is 0 Å². The zero-order chi connectivity index (χ0) is 13.3. The van der Waals surface area contributed by atoms with Crippen molar-refractivity contribution in [3.8, 4) is 0 Å². The first-order valence-corrected chi connectivity index (χ1v) is 5.80. The number of hydrogen-bond acceptors (Lipinski definition) is 5. The molecule has 0 amide bonds. The number of carbonyl (C=O) groups excluding carboxylic acids is 2. The van der Waals surface area contributed by atoms with E-state index in [1.807, 2.05) is 13.8 Å². The number of carbonyl (C=O) groups is 2. The Labute approximate surface area is 102 Å². The number of rotatable bonds is 1. The predicted molar refractivity (Wildman–Crippen MR) is 62.5 cm³/mol. The van der Waals surface area contributed by atoms with Crippen LogP contribution in [0.4, 0.5) is 4.79 Å². The summed E-state index contributed by atoms with van der Waals surface area (Å²) in [6.45, 7) is 9.84. The Kier molecular flexibility index (Phi) is 3.81. The Morgan fingerprint density at radius 2 is 1.88 bits per heavy atom. The first-order chi connectivity index (χ1) is 7.62. The lowest BCUT2D eigenvalue weighted by Crippen LogP contribution is -2.42. The minimum Gasteiger partial charge on any atom is -0.428 e. The lowest BCUT2D eigenvalue weighted by atomic mass is 9.85. The third kappa shape index (κ3) is 4.00. The Balaban J connectivity index is 2.53. The Morgan fingerprint density at radius 3 is 2.29 bits per heavy atom. The van der Waals surface area contributed by atoms with Gasteiger partial charge in [0.1, 0.15) is 11.6 Å². The normalized spacial score (nSPS) is 23.2. The Bertz CT molecular complexity index is 317. The average Bonchev–Trinajstić information content (AvgIpc) is 2.40. The molecular weight excluding hydrogens is 222 g/mol. The molecule has 1 N–H and O–H groups in total. The summed E-state index contributed by atoms with van der Waals surface area (Å²) in [7, 11) is 0. The molecule has 1 saturated heterocycles. The van der Waals surface area contributed by atoms with Crippen LogP contribution in [0.1, 0.15) is 41.0 Å². The van der Waals surface area contributed by atoms with Crippen molar-refractivity contribution in [1.29, 1.82) is 0 Å². The summed E-state index contributed by atoms with van der Waals surface area (Å²) in [5.41, 5.74) is -0.852. The van der Waals surface area contributed by atoms with Gasteiger partial charge in [-0.3, -0.25) is 0 Å². The van der Waals surface area contributed by atoms with E-state index in [0.717, 1.165) is 13.0 Å². The van der Waals surface area contributed by atoms with Crippen LogP contribution in [0, 0.1) is 5.41 Å². The van der Waals surface area contributed by atoms with Gasteiger partial charge in [-0.1, -0.05) is 13.8 Å². The molecule has 0 unspecified atom stereocenters. The van der Waals surface area contributed by atoms with E-state index in [1.54, 1.807) is 20.8 Å². The molecule has 17 heavy (non-hydrogen) atoms. The summed E-state index contributed by atoms with van der Waals surface area (Å²) in [6, 6.07) is -0.449. The highest BCUT2D eigenvalue weighted by Gasteiger charge is 2.41. The maximum absolute atomic E-state index is 11.8. The molecular formula is C12H21NO4. The highest BCUT2D eigenvalue weighted by atomic mass is 16.7. The minimum absolute atomic E-state index is 0.195. The molecule has 98 valence electrons. The van der Waals surface area contributed by atoms with E-state index in [0.29, 0.717) is 0 Å². The fraction of sp³-hybridized carbons (Fsp3) is 0.833. The number of nitrogens with one attached hydrogen (secondary N) is 1. The Hall–Kier alpha value is -1.10. The molecule has 1 fully saturated rings. The number of hydrogen-bond donors (Lipinski definition) is 1. The molecule has 1 heterocycles. The van der Waals surface area contributed by atoms with Crippen molar-refractivity contribution < 1.29 is 19.1 Å². The lowest BCUT2D eigenvalue weighted by Gasteiger charge is -2.24. The Morgan fingerprint density at radius 1 is 1.29 bits per heavy atom. The minimum atomic E-state index is -0.938. The van der Waals surface area contributed by atoms with Crippen LogP contribution in [0.25, 0.3) is 0 Å². The predicted octanol–water partition coefficient (Wildman–Crippen LogP) is 1.85. The zero-order valence-corrected chi connectivity index (χ0v) is 11.1. The second-order valence-corrected chi connectivity index (χ2v) is 6.01. The number of esters is 1. The van der Waals surface area contributed by atoms with Crippen molar-refractivity contribution in [1.82, 2.24) is 5.32 Å². The SMILES string of the molecule is CC(C)(C)OC(=O)OC(=O)[C@H]1NCCC1(C)C. The van der Waals surface area contributed by atoms with Crippen molar-refractivity contribution in [3.05, 3.63) is 0 Å². The van der Waals surface area contributed by atoms with E-state index in [1.165, 1.54) is 0 Å². The van der Waals surface area contributed by atoms with Crippen molar-refractivity contribution in [3.63, 3.8) is 0 Å². The fourth-order valence-electron chi connectivity index (χ4n) is 1.77. The van der Waals surface area contributed by atoms with Gasteiger partial charge in [0.15, 0.2) is 0 Å². The molecule has 0 bridgehead atoms. The summed E-state index contributed by atoms with van der Waals surface area (Å²) in [6.07, 6.45) is -0.0619. The molecule has 0 aromatic rings. The molecule has 0 aromatic carbocycles. The molecule has 0 saturated carbocycles. The maximum atomic E-state index is 11.8. The molecule has 0 radical (unpaired) electrons. The summed E-state index contributed by atoms with van der Waals surface area (Å²) < 4.78 is 9.61. The maximum Gasteiger partial charge on any atom is 0.516 e.